The van der Waals surface area contributed by atoms with E-state index in [2.05, 4.69) is 4.98 Å². The quantitative estimate of drug-likeness (QED) is 0.923. The van der Waals surface area contributed by atoms with E-state index in [1.807, 2.05) is 43.9 Å². The molecule has 0 bridgehead atoms. The van der Waals surface area contributed by atoms with Crippen molar-refractivity contribution in [2.45, 2.75) is 26.2 Å². The fourth-order valence-corrected chi connectivity index (χ4v) is 2.93. The molecule has 0 fully saturated rings. The number of hydrogen-bond donors (Lipinski definition) is 1. The molecule has 0 saturated heterocycles. The van der Waals surface area contributed by atoms with E-state index < -0.39 is 5.97 Å². The van der Waals surface area contributed by atoms with E-state index in [-0.39, 0.29) is 5.92 Å². The van der Waals surface area contributed by atoms with Crippen molar-refractivity contribution < 1.29 is 9.90 Å². The van der Waals surface area contributed by atoms with Crippen molar-refractivity contribution in [1.82, 2.24) is 9.55 Å². The molecule has 0 aliphatic rings. The van der Waals surface area contributed by atoms with Gasteiger partial charge in [0.05, 0.1) is 10.7 Å². The summed E-state index contributed by atoms with van der Waals surface area (Å²) in [4.78, 5) is 16.0. The molecule has 5 heteroatoms. The average Bonchev–Trinajstić information content (AvgIpc) is 2.85. The molecule has 0 amide bonds. The molecular formula is C13H16N2O2S. The smallest absolute Gasteiger partial charge is 0.347 e. The van der Waals surface area contributed by atoms with Crippen molar-refractivity contribution in [3.63, 3.8) is 0 Å². The lowest BCUT2D eigenvalue weighted by atomic mass is 10.1. The van der Waals surface area contributed by atoms with Gasteiger partial charge in [0.2, 0.25) is 0 Å². The highest BCUT2D eigenvalue weighted by molar-refractivity contribution is 7.13. The van der Waals surface area contributed by atoms with Crippen LogP contribution in [0.2, 0.25) is 0 Å². The highest BCUT2D eigenvalue weighted by Crippen LogP contribution is 2.26. The fourth-order valence-electron chi connectivity index (χ4n) is 1.84. The zero-order chi connectivity index (χ0) is 13.3. The van der Waals surface area contributed by atoms with Crippen molar-refractivity contribution in [2.75, 3.05) is 0 Å². The van der Waals surface area contributed by atoms with E-state index in [9.17, 15) is 4.79 Å². The Balaban J connectivity index is 2.29. The number of carboxylic acids is 1. The first-order chi connectivity index (χ1) is 8.47. The summed E-state index contributed by atoms with van der Waals surface area (Å²) < 4.78 is 1.98. The lowest BCUT2D eigenvalue weighted by Gasteiger charge is -2.00. The minimum atomic E-state index is -0.879. The van der Waals surface area contributed by atoms with Gasteiger partial charge in [-0.2, -0.15) is 0 Å². The van der Waals surface area contributed by atoms with Crippen LogP contribution in [0.1, 0.15) is 45.7 Å². The maximum absolute atomic E-state index is 11.2. The van der Waals surface area contributed by atoms with Gasteiger partial charge >= 0.3 is 5.97 Å². The molecule has 1 N–H and O–H groups in total. The predicted molar refractivity (Wildman–Crippen MR) is 71.4 cm³/mol. The molecule has 18 heavy (non-hydrogen) atoms. The molecule has 2 aromatic heterocycles. The maximum atomic E-state index is 11.2. The molecule has 0 atom stereocenters. The SMILES string of the molecule is CC(C)c1nc(Cc2ccn(C)c2)sc1C(=O)O. The highest BCUT2D eigenvalue weighted by Gasteiger charge is 2.19. The van der Waals surface area contributed by atoms with Gasteiger partial charge in [0.25, 0.3) is 0 Å². The predicted octanol–water partition coefficient (Wildman–Crippen LogP) is 2.89. The third-order valence-corrected chi connectivity index (χ3v) is 3.75. The van der Waals surface area contributed by atoms with Crippen LogP contribution in [-0.4, -0.2) is 20.6 Å². The summed E-state index contributed by atoms with van der Waals surface area (Å²) in [7, 11) is 1.97. The first-order valence-corrected chi connectivity index (χ1v) is 6.62. The molecule has 96 valence electrons. The van der Waals surface area contributed by atoms with Crippen molar-refractivity contribution in [3.05, 3.63) is 39.6 Å². The third-order valence-electron chi connectivity index (χ3n) is 2.69. The fraction of sp³-hybridized carbons (Fsp3) is 0.385. The number of carbonyl (C=O) groups is 1. The average molecular weight is 264 g/mol. The summed E-state index contributed by atoms with van der Waals surface area (Å²) in [6.45, 7) is 3.93. The van der Waals surface area contributed by atoms with Gasteiger partial charge in [-0.25, -0.2) is 9.78 Å². The van der Waals surface area contributed by atoms with Crippen molar-refractivity contribution in [1.29, 1.82) is 0 Å². The zero-order valence-corrected chi connectivity index (χ0v) is 11.5. The van der Waals surface area contributed by atoms with Crippen LogP contribution in [0.5, 0.6) is 0 Å². The molecule has 0 radical (unpaired) electrons. The molecule has 0 saturated carbocycles. The third kappa shape index (κ3) is 2.61. The Kier molecular flexibility index (Phi) is 3.52. The van der Waals surface area contributed by atoms with E-state index in [1.54, 1.807) is 0 Å². The van der Waals surface area contributed by atoms with Gasteiger partial charge in [-0.3, -0.25) is 0 Å². The number of thiazole rings is 1. The van der Waals surface area contributed by atoms with Crippen molar-refractivity contribution >= 4 is 17.3 Å². The Morgan fingerprint density at radius 1 is 1.56 bits per heavy atom. The summed E-state index contributed by atoms with van der Waals surface area (Å²) in [6, 6.07) is 2.02. The van der Waals surface area contributed by atoms with E-state index >= 15 is 0 Å². The Bertz CT molecular complexity index is 569. The first kappa shape index (κ1) is 12.8. The van der Waals surface area contributed by atoms with Crippen LogP contribution in [0, 0.1) is 0 Å². The highest BCUT2D eigenvalue weighted by atomic mass is 32.1. The number of aromatic carboxylic acids is 1. The Morgan fingerprint density at radius 2 is 2.28 bits per heavy atom. The van der Waals surface area contributed by atoms with Crippen LogP contribution in [0.15, 0.2) is 18.5 Å². The van der Waals surface area contributed by atoms with Gasteiger partial charge in [0.15, 0.2) is 0 Å². The van der Waals surface area contributed by atoms with Gasteiger partial charge < -0.3 is 9.67 Å². The van der Waals surface area contributed by atoms with Gasteiger partial charge in [0, 0.05) is 25.9 Å². The molecule has 4 nitrogen and oxygen atoms in total. The Morgan fingerprint density at radius 3 is 2.72 bits per heavy atom. The van der Waals surface area contributed by atoms with E-state index in [1.165, 1.54) is 11.3 Å². The number of rotatable bonds is 4. The first-order valence-electron chi connectivity index (χ1n) is 5.81. The molecule has 0 aliphatic carbocycles. The molecule has 0 aromatic carbocycles. The topological polar surface area (TPSA) is 55.1 Å². The Labute approximate surface area is 110 Å². The monoisotopic (exact) mass is 264 g/mol. The largest absolute Gasteiger partial charge is 0.477 e. The minimum Gasteiger partial charge on any atom is -0.477 e. The zero-order valence-electron chi connectivity index (χ0n) is 10.7. The van der Waals surface area contributed by atoms with Crippen LogP contribution in [0.3, 0.4) is 0 Å². The second-order valence-electron chi connectivity index (χ2n) is 4.64. The van der Waals surface area contributed by atoms with Crippen molar-refractivity contribution in [3.8, 4) is 0 Å². The molecule has 0 aliphatic heterocycles. The number of nitrogens with zero attached hydrogens (tertiary/aromatic N) is 2. The second kappa shape index (κ2) is 4.94. The van der Waals surface area contributed by atoms with Crippen molar-refractivity contribution in [2.24, 2.45) is 7.05 Å². The summed E-state index contributed by atoms with van der Waals surface area (Å²) >= 11 is 1.28. The lowest BCUT2D eigenvalue weighted by molar-refractivity contribution is 0.0700. The molecule has 2 rings (SSSR count). The molecular weight excluding hydrogens is 248 g/mol. The van der Waals surface area contributed by atoms with Crippen LogP contribution in [-0.2, 0) is 13.5 Å². The standard InChI is InChI=1S/C13H16N2O2S/c1-8(2)11-12(13(16)17)18-10(14-11)6-9-4-5-15(3)7-9/h4-5,7-8H,6H2,1-3H3,(H,16,17). The van der Waals surface area contributed by atoms with Crippen LogP contribution in [0.25, 0.3) is 0 Å². The lowest BCUT2D eigenvalue weighted by Crippen LogP contribution is -2.00. The summed E-state index contributed by atoms with van der Waals surface area (Å²) in [6.07, 6.45) is 4.69. The van der Waals surface area contributed by atoms with Crippen LogP contribution >= 0.6 is 11.3 Å². The Hall–Kier alpha value is -1.62. The van der Waals surface area contributed by atoms with Gasteiger partial charge in [0.1, 0.15) is 4.88 Å². The number of aryl methyl sites for hydroxylation is 1. The molecule has 0 spiro atoms. The van der Waals surface area contributed by atoms with E-state index in [0.717, 1.165) is 10.6 Å². The van der Waals surface area contributed by atoms with Gasteiger partial charge in [-0.1, -0.05) is 13.8 Å². The van der Waals surface area contributed by atoms with Gasteiger partial charge in [-0.15, -0.1) is 11.3 Å². The number of carboxylic acid groups (broad SMARTS) is 1. The van der Waals surface area contributed by atoms with E-state index in [4.69, 9.17) is 5.11 Å². The van der Waals surface area contributed by atoms with E-state index in [0.29, 0.717) is 17.0 Å². The maximum Gasteiger partial charge on any atom is 0.347 e. The summed E-state index contributed by atoms with van der Waals surface area (Å²) in [5, 5.41) is 10.0. The van der Waals surface area contributed by atoms with Crippen LogP contribution < -0.4 is 0 Å². The summed E-state index contributed by atoms with van der Waals surface area (Å²) in [5.74, 6) is -0.743. The molecule has 2 aromatic rings. The molecule has 0 unspecified atom stereocenters. The number of aromatic nitrogens is 2. The normalized spacial score (nSPS) is 11.1. The molecule has 2 heterocycles. The summed E-state index contributed by atoms with van der Waals surface area (Å²) in [5.41, 5.74) is 1.84. The van der Waals surface area contributed by atoms with Gasteiger partial charge in [-0.05, 0) is 17.5 Å². The second-order valence-corrected chi connectivity index (χ2v) is 5.73. The number of hydrogen-bond acceptors (Lipinski definition) is 3. The minimum absolute atomic E-state index is 0.136. The van der Waals surface area contributed by atoms with Crippen LogP contribution in [0.4, 0.5) is 0 Å².